The zero-order valence-electron chi connectivity index (χ0n) is 23.7. The van der Waals surface area contributed by atoms with Crippen molar-refractivity contribution in [3.05, 3.63) is 42.0 Å². The van der Waals surface area contributed by atoms with Crippen LogP contribution in [0.5, 0.6) is 0 Å². The Kier molecular flexibility index (Phi) is 11.1. The molecule has 0 radical (unpaired) electrons. The van der Waals surface area contributed by atoms with E-state index in [1.807, 2.05) is 0 Å². The Balaban J connectivity index is 1.57. The Morgan fingerprint density at radius 3 is 2.28 bits per heavy atom. The summed E-state index contributed by atoms with van der Waals surface area (Å²) in [4.78, 5) is 99.3. The van der Waals surface area contributed by atoms with Crippen LogP contribution in [-0.4, -0.2) is 93.5 Å². The SMILES string of the molecule is CC(=O)OCc1ccc(NC(=O)[C@@H]2CCCN2C(=O)[C@H](CC(=O)O)NC(=O)[C@H](C)NC(=O)CCN2C(=O)C=CC2=O)cc1. The summed E-state index contributed by atoms with van der Waals surface area (Å²) in [5.74, 6) is -5.64. The van der Waals surface area contributed by atoms with Gasteiger partial charge in [-0.25, -0.2) is 0 Å². The first kappa shape index (κ1) is 32.4. The van der Waals surface area contributed by atoms with Crippen LogP contribution in [0.25, 0.3) is 0 Å². The second kappa shape index (κ2) is 14.7. The first-order chi connectivity index (χ1) is 20.3. The lowest BCUT2D eigenvalue weighted by atomic mass is 10.1. The average molecular weight is 600 g/mol. The number of hydrogen-bond acceptors (Lipinski definition) is 9. The molecule has 2 heterocycles. The molecule has 4 N–H and O–H groups in total. The highest BCUT2D eigenvalue weighted by atomic mass is 16.5. The van der Waals surface area contributed by atoms with Gasteiger partial charge in [-0.1, -0.05) is 12.1 Å². The fourth-order valence-corrected chi connectivity index (χ4v) is 4.51. The first-order valence-electron chi connectivity index (χ1n) is 13.5. The molecule has 15 heteroatoms. The topological polar surface area (TPSA) is 209 Å². The number of carboxylic acid groups (broad SMARTS) is 1. The number of carbonyl (C=O) groups is 8. The lowest BCUT2D eigenvalue weighted by Gasteiger charge is -2.29. The van der Waals surface area contributed by atoms with Crippen molar-refractivity contribution >= 4 is 53.1 Å². The number of benzene rings is 1. The van der Waals surface area contributed by atoms with E-state index in [4.69, 9.17) is 4.74 Å². The Morgan fingerprint density at radius 2 is 1.67 bits per heavy atom. The minimum atomic E-state index is -1.51. The molecule has 2 aliphatic heterocycles. The van der Waals surface area contributed by atoms with E-state index in [0.29, 0.717) is 24.1 Å². The highest BCUT2D eigenvalue weighted by molar-refractivity contribution is 6.13. The van der Waals surface area contributed by atoms with Crippen molar-refractivity contribution < 1.29 is 48.2 Å². The summed E-state index contributed by atoms with van der Waals surface area (Å²) in [5.41, 5.74) is 1.14. The Morgan fingerprint density at radius 1 is 1.02 bits per heavy atom. The summed E-state index contributed by atoms with van der Waals surface area (Å²) < 4.78 is 4.93. The van der Waals surface area contributed by atoms with Crippen molar-refractivity contribution in [2.45, 2.75) is 64.3 Å². The number of amides is 6. The molecule has 2 aliphatic rings. The third-order valence-electron chi connectivity index (χ3n) is 6.73. The van der Waals surface area contributed by atoms with Crippen molar-refractivity contribution in [2.75, 3.05) is 18.4 Å². The third-order valence-corrected chi connectivity index (χ3v) is 6.73. The molecule has 230 valence electrons. The number of nitrogens with zero attached hydrogens (tertiary/aromatic N) is 2. The van der Waals surface area contributed by atoms with E-state index in [9.17, 15) is 43.5 Å². The van der Waals surface area contributed by atoms with Crippen molar-refractivity contribution in [3.8, 4) is 0 Å². The van der Waals surface area contributed by atoms with Gasteiger partial charge in [0.25, 0.3) is 11.8 Å². The Bertz CT molecular complexity index is 1310. The molecule has 43 heavy (non-hydrogen) atoms. The van der Waals surface area contributed by atoms with E-state index >= 15 is 0 Å². The predicted octanol–water partition coefficient (Wildman–Crippen LogP) is -0.541. The number of rotatable bonds is 13. The molecule has 0 saturated carbocycles. The standard InChI is InChI=1S/C28H33N5O10/c1-16(29-22(35)11-13-33-23(36)9-10-24(33)37)26(40)31-20(14-25(38)39)28(42)32-12-3-4-21(32)27(41)30-19-7-5-18(6-8-19)15-43-17(2)34/h5-10,16,20-21H,3-4,11-15H2,1-2H3,(H,29,35)(H,30,41)(H,31,40)(H,38,39)/t16-,20-,21-/m0/s1. The molecule has 3 atom stereocenters. The molecule has 1 aromatic rings. The molecule has 15 nitrogen and oxygen atoms in total. The summed E-state index contributed by atoms with van der Waals surface area (Å²) in [6.07, 6.45) is 1.93. The van der Waals surface area contributed by atoms with Gasteiger partial charge < -0.3 is 30.7 Å². The van der Waals surface area contributed by atoms with Gasteiger partial charge in [0.1, 0.15) is 24.7 Å². The second-order valence-electron chi connectivity index (χ2n) is 10.0. The maximum atomic E-state index is 13.4. The molecule has 1 aromatic carbocycles. The highest BCUT2D eigenvalue weighted by Crippen LogP contribution is 2.21. The molecule has 3 rings (SSSR count). The second-order valence-corrected chi connectivity index (χ2v) is 10.0. The van der Waals surface area contributed by atoms with Gasteiger partial charge in [0, 0.05) is 44.3 Å². The van der Waals surface area contributed by atoms with E-state index in [1.54, 1.807) is 24.3 Å². The zero-order chi connectivity index (χ0) is 31.7. The molecule has 0 aliphatic carbocycles. The van der Waals surface area contributed by atoms with Gasteiger partial charge in [-0.15, -0.1) is 0 Å². The molecular weight excluding hydrogens is 566 g/mol. The molecule has 1 saturated heterocycles. The van der Waals surface area contributed by atoms with Crippen LogP contribution < -0.4 is 16.0 Å². The fraction of sp³-hybridized carbons (Fsp3) is 0.429. The van der Waals surface area contributed by atoms with Gasteiger partial charge in [-0.05, 0) is 37.5 Å². The molecule has 0 spiro atoms. The number of carbonyl (C=O) groups excluding carboxylic acids is 7. The third kappa shape index (κ3) is 9.21. The van der Waals surface area contributed by atoms with Crippen molar-refractivity contribution in [3.63, 3.8) is 0 Å². The molecule has 0 unspecified atom stereocenters. The molecule has 0 aromatic heterocycles. The number of aliphatic carboxylic acids is 1. The average Bonchev–Trinajstić information content (AvgIpc) is 3.56. The Hall–Kier alpha value is -5.08. The van der Waals surface area contributed by atoms with E-state index in [-0.39, 0.29) is 26.1 Å². The number of carboxylic acids is 1. The van der Waals surface area contributed by atoms with E-state index < -0.39 is 71.9 Å². The van der Waals surface area contributed by atoms with Crippen LogP contribution in [0.15, 0.2) is 36.4 Å². The predicted molar refractivity (Wildman–Crippen MR) is 148 cm³/mol. The minimum absolute atomic E-state index is 0.0752. The van der Waals surface area contributed by atoms with Gasteiger partial charge in [0.15, 0.2) is 0 Å². The van der Waals surface area contributed by atoms with Crippen LogP contribution in [0.3, 0.4) is 0 Å². The highest BCUT2D eigenvalue weighted by Gasteiger charge is 2.39. The van der Waals surface area contributed by atoms with Crippen LogP contribution in [0.2, 0.25) is 0 Å². The first-order valence-corrected chi connectivity index (χ1v) is 13.5. The maximum Gasteiger partial charge on any atom is 0.305 e. The van der Waals surface area contributed by atoms with Crippen LogP contribution >= 0.6 is 0 Å². The number of esters is 1. The van der Waals surface area contributed by atoms with Gasteiger partial charge in [0.2, 0.25) is 23.6 Å². The largest absolute Gasteiger partial charge is 0.481 e. The molecular formula is C28H33N5O10. The molecule has 6 amide bonds. The fourth-order valence-electron chi connectivity index (χ4n) is 4.51. The molecule has 0 bridgehead atoms. The summed E-state index contributed by atoms with van der Waals surface area (Å²) in [7, 11) is 0. The summed E-state index contributed by atoms with van der Waals surface area (Å²) in [6, 6.07) is 2.95. The van der Waals surface area contributed by atoms with Gasteiger partial charge in [0.05, 0.1) is 6.42 Å². The van der Waals surface area contributed by atoms with E-state index in [1.165, 1.54) is 18.7 Å². The summed E-state index contributed by atoms with van der Waals surface area (Å²) in [6.45, 7) is 2.67. The lowest BCUT2D eigenvalue weighted by Crippen LogP contribution is -2.56. The maximum absolute atomic E-state index is 13.4. The van der Waals surface area contributed by atoms with Gasteiger partial charge in [-0.2, -0.15) is 0 Å². The quantitative estimate of drug-likeness (QED) is 0.168. The summed E-state index contributed by atoms with van der Waals surface area (Å²) >= 11 is 0. The van der Waals surface area contributed by atoms with Crippen molar-refractivity contribution in [2.24, 2.45) is 0 Å². The van der Waals surface area contributed by atoms with Gasteiger partial charge >= 0.3 is 11.9 Å². The number of ether oxygens (including phenoxy) is 1. The normalized spacial score (nSPS) is 17.3. The van der Waals surface area contributed by atoms with E-state index in [0.717, 1.165) is 17.1 Å². The number of likely N-dealkylation sites (tertiary alicyclic amines) is 1. The number of anilines is 1. The monoisotopic (exact) mass is 599 g/mol. The van der Waals surface area contributed by atoms with Crippen LogP contribution in [0.4, 0.5) is 5.69 Å². The number of nitrogens with one attached hydrogen (secondary N) is 3. The smallest absolute Gasteiger partial charge is 0.305 e. The van der Waals surface area contributed by atoms with Crippen LogP contribution in [0.1, 0.15) is 45.1 Å². The van der Waals surface area contributed by atoms with Crippen LogP contribution in [-0.2, 0) is 49.7 Å². The molecule has 1 fully saturated rings. The zero-order valence-corrected chi connectivity index (χ0v) is 23.7. The van der Waals surface area contributed by atoms with Gasteiger partial charge in [-0.3, -0.25) is 43.3 Å². The lowest BCUT2D eigenvalue weighted by molar-refractivity contribution is -0.145. The summed E-state index contributed by atoms with van der Waals surface area (Å²) in [5, 5.41) is 16.8. The Labute approximate surface area is 246 Å². The number of hydrogen-bond donors (Lipinski definition) is 4. The van der Waals surface area contributed by atoms with Crippen molar-refractivity contribution in [1.29, 1.82) is 0 Å². The minimum Gasteiger partial charge on any atom is -0.481 e. The van der Waals surface area contributed by atoms with E-state index in [2.05, 4.69) is 16.0 Å². The van der Waals surface area contributed by atoms with Crippen molar-refractivity contribution in [1.82, 2.24) is 20.4 Å². The van der Waals surface area contributed by atoms with Crippen LogP contribution in [0, 0.1) is 0 Å². The number of imide groups is 1.